The fraction of sp³-hybridized carbons (Fsp3) is 0.167. The van der Waals surface area contributed by atoms with Crippen molar-refractivity contribution in [2.24, 2.45) is 0 Å². The van der Waals surface area contributed by atoms with Crippen LogP contribution in [0.2, 0.25) is 0 Å². The molecule has 128 valence electrons. The van der Waals surface area contributed by atoms with Crippen molar-refractivity contribution < 1.29 is 9.53 Å². The Morgan fingerprint density at radius 2 is 1.96 bits per heavy atom. The number of carbonyl (C=O) groups excluding carboxylic acids is 1. The van der Waals surface area contributed by atoms with Crippen LogP contribution in [-0.4, -0.2) is 28.2 Å². The van der Waals surface area contributed by atoms with E-state index >= 15 is 0 Å². The third kappa shape index (κ3) is 4.39. The normalized spacial score (nSPS) is 10.6. The van der Waals surface area contributed by atoms with Gasteiger partial charge in [-0.2, -0.15) is 0 Å². The van der Waals surface area contributed by atoms with Crippen molar-refractivity contribution >= 4 is 34.3 Å². The average Bonchev–Trinajstić information content (AvgIpc) is 2.62. The number of carbonyl (C=O) groups is 1. The zero-order valence-electron chi connectivity index (χ0n) is 13.6. The molecule has 0 atom stereocenters. The number of aromatic amines is 1. The molecule has 1 aromatic heterocycles. The predicted molar refractivity (Wildman–Crippen MR) is 99.3 cm³/mol. The molecule has 0 unspecified atom stereocenters. The molecule has 0 aliphatic heterocycles. The van der Waals surface area contributed by atoms with E-state index in [0.29, 0.717) is 28.4 Å². The molecule has 0 saturated heterocycles. The zero-order chi connectivity index (χ0) is 17.6. The van der Waals surface area contributed by atoms with Crippen LogP contribution >= 0.6 is 11.8 Å². The molecule has 1 heterocycles. The van der Waals surface area contributed by atoms with Gasteiger partial charge in [-0.25, -0.2) is 4.98 Å². The fourth-order valence-corrected chi connectivity index (χ4v) is 2.93. The van der Waals surface area contributed by atoms with E-state index < -0.39 is 0 Å². The summed E-state index contributed by atoms with van der Waals surface area (Å²) in [6.45, 7) is 2.51. The Bertz CT molecular complexity index is 938. The van der Waals surface area contributed by atoms with Crippen LogP contribution in [0.3, 0.4) is 0 Å². The van der Waals surface area contributed by atoms with Gasteiger partial charge in [0.15, 0.2) is 5.16 Å². The minimum atomic E-state index is -0.208. The maximum absolute atomic E-state index is 12.1. The van der Waals surface area contributed by atoms with E-state index in [-0.39, 0.29) is 17.2 Å². The second kappa shape index (κ2) is 7.85. The Morgan fingerprint density at radius 3 is 2.72 bits per heavy atom. The van der Waals surface area contributed by atoms with Gasteiger partial charge in [0.25, 0.3) is 5.56 Å². The first kappa shape index (κ1) is 17.0. The molecule has 0 saturated carbocycles. The highest BCUT2D eigenvalue weighted by atomic mass is 32.2. The first-order valence-electron chi connectivity index (χ1n) is 7.80. The monoisotopic (exact) mass is 355 g/mol. The highest BCUT2D eigenvalue weighted by Gasteiger charge is 2.08. The van der Waals surface area contributed by atoms with Crippen LogP contribution in [-0.2, 0) is 4.79 Å². The summed E-state index contributed by atoms with van der Waals surface area (Å²) in [5, 5.41) is 3.75. The van der Waals surface area contributed by atoms with E-state index in [0.717, 1.165) is 5.75 Å². The van der Waals surface area contributed by atoms with Crippen molar-refractivity contribution in [1.82, 2.24) is 9.97 Å². The van der Waals surface area contributed by atoms with Crippen molar-refractivity contribution in [3.63, 3.8) is 0 Å². The van der Waals surface area contributed by atoms with Gasteiger partial charge in [0.1, 0.15) is 5.75 Å². The molecule has 1 amide bonds. The highest BCUT2D eigenvalue weighted by Crippen LogP contribution is 2.18. The Labute approximate surface area is 148 Å². The SMILES string of the molecule is CCOc1ccc(NC(=O)CSc2nc3ccccc3c(=O)[nH]2)cc1. The Kier molecular flexibility index (Phi) is 5.35. The van der Waals surface area contributed by atoms with Crippen LogP contribution in [0.5, 0.6) is 5.75 Å². The van der Waals surface area contributed by atoms with Gasteiger partial charge in [-0.15, -0.1) is 0 Å². The van der Waals surface area contributed by atoms with Gasteiger partial charge in [-0.05, 0) is 43.3 Å². The third-order valence-electron chi connectivity index (χ3n) is 3.38. The number of hydrogen-bond acceptors (Lipinski definition) is 5. The largest absolute Gasteiger partial charge is 0.494 e. The summed E-state index contributed by atoms with van der Waals surface area (Å²) in [6, 6.07) is 14.3. The summed E-state index contributed by atoms with van der Waals surface area (Å²) in [7, 11) is 0. The lowest BCUT2D eigenvalue weighted by molar-refractivity contribution is -0.113. The lowest BCUT2D eigenvalue weighted by atomic mass is 10.2. The van der Waals surface area contributed by atoms with Gasteiger partial charge < -0.3 is 15.0 Å². The predicted octanol–water partition coefficient (Wildman–Crippen LogP) is 3.05. The van der Waals surface area contributed by atoms with Crippen molar-refractivity contribution in [2.75, 3.05) is 17.7 Å². The fourth-order valence-electron chi connectivity index (χ4n) is 2.27. The van der Waals surface area contributed by atoms with E-state index in [2.05, 4.69) is 15.3 Å². The Hall–Kier alpha value is -2.80. The van der Waals surface area contributed by atoms with E-state index in [9.17, 15) is 9.59 Å². The van der Waals surface area contributed by atoms with Gasteiger partial charge in [-0.3, -0.25) is 9.59 Å². The molecule has 3 aromatic rings. The van der Waals surface area contributed by atoms with Gasteiger partial charge in [0, 0.05) is 5.69 Å². The average molecular weight is 355 g/mol. The van der Waals surface area contributed by atoms with Crippen LogP contribution in [0.4, 0.5) is 5.69 Å². The molecule has 2 N–H and O–H groups in total. The van der Waals surface area contributed by atoms with Crippen LogP contribution in [0.1, 0.15) is 6.92 Å². The van der Waals surface area contributed by atoms with Crippen molar-refractivity contribution in [1.29, 1.82) is 0 Å². The van der Waals surface area contributed by atoms with Gasteiger partial charge in [-0.1, -0.05) is 23.9 Å². The summed E-state index contributed by atoms with van der Waals surface area (Å²) in [5.74, 6) is 0.729. The highest BCUT2D eigenvalue weighted by molar-refractivity contribution is 7.99. The van der Waals surface area contributed by atoms with Crippen molar-refractivity contribution in [3.8, 4) is 5.75 Å². The number of ether oxygens (including phenoxy) is 1. The summed E-state index contributed by atoms with van der Waals surface area (Å²) in [6.07, 6.45) is 0. The quantitative estimate of drug-likeness (QED) is 0.524. The number of aromatic nitrogens is 2. The minimum absolute atomic E-state index is 0.147. The van der Waals surface area contributed by atoms with Crippen LogP contribution in [0, 0.1) is 0 Å². The van der Waals surface area contributed by atoms with E-state index in [1.54, 1.807) is 42.5 Å². The second-order valence-corrected chi connectivity index (χ2v) is 6.15. The first-order valence-corrected chi connectivity index (χ1v) is 8.79. The topological polar surface area (TPSA) is 84.1 Å². The molecule has 0 aliphatic rings. The van der Waals surface area contributed by atoms with Gasteiger partial charge >= 0.3 is 0 Å². The molecule has 0 fully saturated rings. The van der Waals surface area contributed by atoms with Gasteiger partial charge in [0.05, 0.1) is 23.3 Å². The Morgan fingerprint density at radius 1 is 1.20 bits per heavy atom. The minimum Gasteiger partial charge on any atom is -0.494 e. The number of rotatable bonds is 6. The maximum atomic E-state index is 12.1. The molecule has 0 radical (unpaired) electrons. The number of benzene rings is 2. The van der Waals surface area contributed by atoms with E-state index in [4.69, 9.17) is 4.74 Å². The summed E-state index contributed by atoms with van der Waals surface area (Å²) >= 11 is 1.18. The maximum Gasteiger partial charge on any atom is 0.259 e. The molecular weight excluding hydrogens is 338 g/mol. The number of fused-ring (bicyclic) bond motifs is 1. The van der Waals surface area contributed by atoms with Crippen LogP contribution in [0.15, 0.2) is 58.5 Å². The number of para-hydroxylation sites is 1. The van der Waals surface area contributed by atoms with Gasteiger partial charge in [0.2, 0.25) is 5.91 Å². The second-order valence-electron chi connectivity index (χ2n) is 5.18. The molecule has 25 heavy (non-hydrogen) atoms. The Balaban J connectivity index is 1.61. The number of nitrogens with one attached hydrogen (secondary N) is 2. The summed E-state index contributed by atoms with van der Waals surface area (Å²) < 4.78 is 5.36. The van der Waals surface area contributed by atoms with Crippen molar-refractivity contribution in [3.05, 3.63) is 58.9 Å². The zero-order valence-corrected chi connectivity index (χ0v) is 14.4. The lowest BCUT2D eigenvalue weighted by Crippen LogP contribution is -2.15. The molecule has 2 aromatic carbocycles. The lowest BCUT2D eigenvalue weighted by Gasteiger charge is -2.07. The van der Waals surface area contributed by atoms with E-state index in [1.165, 1.54) is 11.8 Å². The number of thioether (sulfide) groups is 1. The number of anilines is 1. The number of nitrogens with zero attached hydrogens (tertiary/aromatic N) is 1. The molecule has 6 nitrogen and oxygen atoms in total. The number of H-pyrrole nitrogens is 1. The third-order valence-corrected chi connectivity index (χ3v) is 4.25. The first-order chi connectivity index (χ1) is 12.2. The standard InChI is InChI=1S/C18H17N3O3S/c1-2-24-13-9-7-12(8-10-13)19-16(22)11-25-18-20-15-6-4-3-5-14(15)17(23)21-18/h3-10H,2,11H2,1H3,(H,19,22)(H,20,21,23). The molecule has 0 aliphatic carbocycles. The summed E-state index contributed by atoms with van der Waals surface area (Å²) in [4.78, 5) is 31.1. The van der Waals surface area contributed by atoms with Crippen LogP contribution < -0.4 is 15.6 Å². The summed E-state index contributed by atoms with van der Waals surface area (Å²) in [5.41, 5.74) is 1.09. The van der Waals surface area contributed by atoms with E-state index in [1.807, 2.05) is 13.0 Å². The number of hydrogen-bond donors (Lipinski definition) is 2. The molecule has 0 bridgehead atoms. The molecule has 0 spiro atoms. The van der Waals surface area contributed by atoms with Crippen molar-refractivity contribution in [2.45, 2.75) is 12.1 Å². The molecule has 3 rings (SSSR count). The molecular formula is C18H17N3O3S. The molecule has 7 heteroatoms. The number of amides is 1. The smallest absolute Gasteiger partial charge is 0.259 e. The van der Waals surface area contributed by atoms with Crippen LogP contribution in [0.25, 0.3) is 10.9 Å².